The molecule has 0 aliphatic carbocycles. The van der Waals surface area contributed by atoms with Gasteiger partial charge in [-0.1, -0.05) is 0 Å². The predicted octanol–water partition coefficient (Wildman–Crippen LogP) is 0.537. The van der Waals surface area contributed by atoms with E-state index in [4.69, 9.17) is 0 Å². The molecule has 1 fully saturated rings. The topological polar surface area (TPSA) is 70.4 Å². The molecule has 1 atom stereocenters. The Labute approximate surface area is 119 Å². The SMILES string of the molecule is CC(C)n1ccnc1CNC(=O)CN1CCCC(O)C1. The lowest BCUT2D eigenvalue weighted by Gasteiger charge is -2.29. The predicted molar refractivity (Wildman–Crippen MR) is 76.1 cm³/mol. The van der Waals surface area contributed by atoms with Crippen LogP contribution in [0.5, 0.6) is 0 Å². The zero-order valence-corrected chi connectivity index (χ0v) is 12.2. The van der Waals surface area contributed by atoms with Crippen molar-refractivity contribution in [2.75, 3.05) is 19.6 Å². The summed E-state index contributed by atoms with van der Waals surface area (Å²) in [6.45, 7) is 6.43. The number of piperidine rings is 1. The van der Waals surface area contributed by atoms with Crippen LogP contribution >= 0.6 is 0 Å². The highest BCUT2D eigenvalue weighted by molar-refractivity contribution is 5.77. The van der Waals surface area contributed by atoms with E-state index in [0.717, 1.165) is 25.2 Å². The number of nitrogens with one attached hydrogen (secondary N) is 1. The van der Waals surface area contributed by atoms with Crippen molar-refractivity contribution in [1.29, 1.82) is 0 Å². The second kappa shape index (κ2) is 6.85. The van der Waals surface area contributed by atoms with E-state index in [9.17, 15) is 9.90 Å². The quantitative estimate of drug-likeness (QED) is 0.826. The van der Waals surface area contributed by atoms with E-state index in [1.807, 2.05) is 15.7 Å². The molecule has 1 aliphatic rings. The smallest absolute Gasteiger partial charge is 0.234 e. The van der Waals surface area contributed by atoms with Crippen molar-refractivity contribution in [1.82, 2.24) is 19.8 Å². The van der Waals surface area contributed by atoms with E-state index in [1.165, 1.54) is 0 Å². The first kappa shape index (κ1) is 15.0. The van der Waals surface area contributed by atoms with E-state index in [2.05, 4.69) is 24.1 Å². The van der Waals surface area contributed by atoms with Gasteiger partial charge in [-0.15, -0.1) is 0 Å². The molecule has 6 nitrogen and oxygen atoms in total. The second-order valence-corrected chi connectivity index (χ2v) is 5.65. The summed E-state index contributed by atoms with van der Waals surface area (Å²) in [5, 5.41) is 12.5. The van der Waals surface area contributed by atoms with E-state index in [0.29, 0.717) is 25.7 Å². The molecule has 20 heavy (non-hydrogen) atoms. The van der Waals surface area contributed by atoms with Crippen LogP contribution in [0.25, 0.3) is 0 Å². The highest BCUT2D eigenvalue weighted by Gasteiger charge is 2.19. The molecule has 0 spiro atoms. The number of carbonyl (C=O) groups is 1. The minimum atomic E-state index is -0.295. The molecule has 2 N–H and O–H groups in total. The maximum absolute atomic E-state index is 11.9. The van der Waals surface area contributed by atoms with Gasteiger partial charge in [-0.2, -0.15) is 0 Å². The fraction of sp³-hybridized carbons (Fsp3) is 0.714. The van der Waals surface area contributed by atoms with Crippen molar-refractivity contribution >= 4 is 5.91 Å². The molecule has 1 aromatic heterocycles. The number of aliphatic hydroxyl groups excluding tert-OH is 1. The molecule has 1 aromatic rings. The van der Waals surface area contributed by atoms with Gasteiger partial charge in [-0.05, 0) is 33.2 Å². The van der Waals surface area contributed by atoms with Gasteiger partial charge in [-0.3, -0.25) is 9.69 Å². The molecule has 1 aliphatic heterocycles. The Morgan fingerprint density at radius 3 is 3.10 bits per heavy atom. The third-order valence-corrected chi connectivity index (χ3v) is 3.60. The van der Waals surface area contributed by atoms with Gasteiger partial charge in [0, 0.05) is 25.0 Å². The average molecular weight is 280 g/mol. The molecule has 1 saturated heterocycles. The standard InChI is InChI=1S/C14H24N4O2/c1-11(2)18-7-5-15-13(18)8-16-14(20)10-17-6-3-4-12(19)9-17/h5,7,11-12,19H,3-4,6,8-10H2,1-2H3,(H,16,20). The zero-order valence-electron chi connectivity index (χ0n) is 12.2. The molecule has 1 unspecified atom stereocenters. The van der Waals surface area contributed by atoms with E-state index >= 15 is 0 Å². The summed E-state index contributed by atoms with van der Waals surface area (Å²) in [6.07, 6.45) is 5.17. The Kier molecular flexibility index (Phi) is 5.14. The first-order valence-corrected chi connectivity index (χ1v) is 7.25. The third kappa shape index (κ3) is 4.05. The highest BCUT2D eigenvalue weighted by atomic mass is 16.3. The fourth-order valence-corrected chi connectivity index (χ4v) is 2.56. The van der Waals surface area contributed by atoms with Crippen LogP contribution in [0, 0.1) is 0 Å². The summed E-state index contributed by atoms with van der Waals surface area (Å²) in [6, 6.07) is 0.335. The van der Waals surface area contributed by atoms with Crippen molar-refractivity contribution in [3.05, 3.63) is 18.2 Å². The number of hydrogen-bond donors (Lipinski definition) is 2. The van der Waals surface area contributed by atoms with Crippen LogP contribution in [-0.2, 0) is 11.3 Å². The van der Waals surface area contributed by atoms with Gasteiger partial charge < -0.3 is 15.0 Å². The minimum absolute atomic E-state index is 0.0163. The Hall–Kier alpha value is -1.40. The van der Waals surface area contributed by atoms with Crippen LogP contribution < -0.4 is 5.32 Å². The molecule has 0 saturated carbocycles. The molecule has 6 heteroatoms. The van der Waals surface area contributed by atoms with E-state index in [1.54, 1.807) is 6.20 Å². The molecule has 0 bridgehead atoms. The van der Waals surface area contributed by atoms with Gasteiger partial charge in [0.2, 0.25) is 5.91 Å². The maximum atomic E-state index is 11.9. The molecule has 0 aromatic carbocycles. The number of amides is 1. The number of hydrogen-bond acceptors (Lipinski definition) is 4. The van der Waals surface area contributed by atoms with Crippen LogP contribution in [0.15, 0.2) is 12.4 Å². The zero-order chi connectivity index (χ0) is 14.5. The van der Waals surface area contributed by atoms with Crippen LogP contribution in [0.1, 0.15) is 38.6 Å². The third-order valence-electron chi connectivity index (χ3n) is 3.60. The minimum Gasteiger partial charge on any atom is -0.392 e. The summed E-state index contributed by atoms with van der Waals surface area (Å²) < 4.78 is 2.05. The largest absolute Gasteiger partial charge is 0.392 e. The van der Waals surface area contributed by atoms with Gasteiger partial charge >= 0.3 is 0 Å². The van der Waals surface area contributed by atoms with E-state index < -0.39 is 0 Å². The molecule has 2 rings (SSSR count). The summed E-state index contributed by atoms with van der Waals surface area (Å²) in [7, 11) is 0. The fourth-order valence-electron chi connectivity index (χ4n) is 2.56. The number of carbonyl (C=O) groups excluding carboxylic acids is 1. The lowest BCUT2D eigenvalue weighted by molar-refractivity contribution is -0.123. The number of aromatic nitrogens is 2. The number of aliphatic hydroxyl groups is 1. The molecule has 2 heterocycles. The van der Waals surface area contributed by atoms with Gasteiger partial charge in [0.15, 0.2) is 0 Å². The maximum Gasteiger partial charge on any atom is 0.234 e. The normalized spacial score (nSPS) is 20.3. The van der Waals surface area contributed by atoms with Crippen molar-refractivity contribution in [3.8, 4) is 0 Å². The van der Waals surface area contributed by atoms with Gasteiger partial charge in [0.05, 0.1) is 19.2 Å². The number of nitrogens with zero attached hydrogens (tertiary/aromatic N) is 3. The Bertz CT molecular complexity index is 444. The first-order chi connectivity index (χ1) is 9.56. The molecule has 1 amide bonds. The monoisotopic (exact) mass is 280 g/mol. The van der Waals surface area contributed by atoms with Crippen LogP contribution in [-0.4, -0.2) is 51.2 Å². The summed E-state index contributed by atoms with van der Waals surface area (Å²) in [4.78, 5) is 18.2. The van der Waals surface area contributed by atoms with Crippen LogP contribution in [0.2, 0.25) is 0 Å². The van der Waals surface area contributed by atoms with Crippen molar-refractivity contribution in [3.63, 3.8) is 0 Å². The summed E-state index contributed by atoms with van der Waals surface area (Å²) >= 11 is 0. The molecular formula is C14H24N4O2. The highest BCUT2D eigenvalue weighted by Crippen LogP contribution is 2.09. The van der Waals surface area contributed by atoms with Gasteiger partial charge in [0.1, 0.15) is 5.82 Å². The van der Waals surface area contributed by atoms with Gasteiger partial charge in [0.25, 0.3) is 0 Å². The lowest BCUT2D eigenvalue weighted by atomic mass is 10.1. The van der Waals surface area contributed by atoms with Crippen molar-refractivity contribution in [2.45, 2.75) is 45.4 Å². The number of imidazole rings is 1. The molecule has 0 radical (unpaired) electrons. The van der Waals surface area contributed by atoms with E-state index in [-0.39, 0.29) is 12.0 Å². The second-order valence-electron chi connectivity index (χ2n) is 5.65. The lowest BCUT2D eigenvalue weighted by Crippen LogP contribution is -2.44. The summed E-state index contributed by atoms with van der Waals surface area (Å²) in [5.41, 5.74) is 0. The number of rotatable bonds is 5. The van der Waals surface area contributed by atoms with Crippen LogP contribution in [0.3, 0.4) is 0 Å². The number of likely N-dealkylation sites (tertiary alicyclic amines) is 1. The van der Waals surface area contributed by atoms with Gasteiger partial charge in [-0.25, -0.2) is 4.98 Å². The Balaban J connectivity index is 1.78. The van der Waals surface area contributed by atoms with Crippen molar-refractivity contribution in [2.24, 2.45) is 0 Å². The first-order valence-electron chi connectivity index (χ1n) is 7.25. The molecular weight excluding hydrogens is 256 g/mol. The Morgan fingerprint density at radius 1 is 1.60 bits per heavy atom. The van der Waals surface area contributed by atoms with Crippen molar-refractivity contribution < 1.29 is 9.90 Å². The molecule has 112 valence electrons. The average Bonchev–Trinajstić information content (AvgIpc) is 2.85. The number of β-amino-alcohol motifs (C(OH)–C–C–N with tert-alkyl or cyclic N) is 1. The van der Waals surface area contributed by atoms with Crippen LogP contribution in [0.4, 0.5) is 0 Å². The Morgan fingerprint density at radius 2 is 2.40 bits per heavy atom. The summed E-state index contributed by atoms with van der Waals surface area (Å²) in [5.74, 6) is 0.851.